The molecule has 198 valence electrons. The van der Waals surface area contributed by atoms with Gasteiger partial charge in [-0.05, 0) is 49.1 Å². The molecule has 3 amide bonds. The van der Waals surface area contributed by atoms with Crippen LogP contribution in [0.2, 0.25) is 0 Å². The maximum atomic E-state index is 13.9. The molecule has 1 saturated carbocycles. The van der Waals surface area contributed by atoms with E-state index in [2.05, 4.69) is 10.6 Å². The molecule has 2 aliphatic rings. The van der Waals surface area contributed by atoms with Crippen LogP contribution in [0.3, 0.4) is 0 Å². The standard InChI is InChI=1S/C30H40N4O3/c1-2-24(31)28(35)33-27(23-17-10-5-11-18-23)30(37)34-20-12-19-25(34)29(36)32-26(21-13-6-3-7-14-21)22-15-8-4-9-16-22/h3-4,6-9,13-16,23-27H,2,5,10-12,17-20,31H2,1H3,(H,32,36)(H,33,35)/t24-,25-,27-/m0/s1. The molecule has 1 saturated heterocycles. The van der Waals surface area contributed by atoms with E-state index in [1.165, 1.54) is 0 Å². The van der Waals surface area contributed by atoms with Crippen LogP contribution in [0.5, 0.6) is 0 Å². The third kappa shape index (κ3) is 6.58. The molecule has 0 spiro atoms. The minimum Gasteiger partial charge on any atom is -0.343 e. The molecule has 1 aliphatic carbocycles. The van der Waals surface area contributed by atoms with Gasteiger partial charge in [-0.2, -0.15) is 0 Å². The summed E-state index contributed by atoms with van der Waals surface area (Å²) in [6.07, 6.45) is 6.90. The SMILES string of the molecule is CC[C@H](N)C(=O)N[C@H](C(=O)N1CCC[C@H]1C(=O)NC(c1ccccc1)c1ccccc1)C1CCCCC1. The van der Waals surface area contributed by atoms with Crippen LogP contribution < -0.4 is 16.4 Å². The molecule has 2 fully saturated rings. The largest absolute Gasteiger partial charge is 0.343 e. The Hall–Kier alpha value is -3.19. The molecule has 1 heterocycles. The van der Waals surface area contributed by atoms with Crippen LogP contribution in [0.1, 0.15) is 75.5 Å². The van der Waals surface area contributed by atoms with Gasteiger partial charge in [-0.25, -0.2) is 0 Å². The van der Waals surface area contributed by atoms with Crippen molar-refractivity contribution >= 4 is 17.7 Å². The summed E-state index contributed by atoms with van der Waals surface area (Å²) in [6.45, 7) is 2.37. The van der Waals surface area contributed by atoms with Crippen LogP contribution in [0, 0.1) is 5.92 Å². The van der Waals surface area contributed by atoms with E-state index in [0.29, 0.717) is 19.4 Å². The highest BCUT2D eigenvalue weighted by Crippen LogP contribution is 2.30. The Kier molecular flexibility index (Phi) is 9.34. The molecule has 7 heteroatoms. The van der Waals surface area contributed by atoms with Gasteiger partial charge in [-0.3, -0.25) is 14.4 Å². The zero-order valence-electron chi connectivity index (χ0n) is 21.8. The second-order valence-electron chi connectivity index (χ2n) is 10.4. The molecule has 4 rings (SSSR count). The Morgan fingerprint density at radius 3 is 2.03 bits per heavy atom. The van der Waals surface area contributed by atoms with Gasteiger partial charge in [-0.1, -0.05) is 86.8 Å². The van der Waals surface area contributed by atoms with Gasteiger partial charge >= 0.3 is 0 Å². The number of hydrogen-bond donors (Lipinski definition) is 3. The first kappa shape index (κ1) is 26.9. The smallest absolute Gasteiger partial charge is 0.246 e. The third-order valence-corrected chi connectivity index (χ3v) is 7.85. The highest BCUT2D eigenvalue weighted by molar-refractivity contribution is 5.93. The average Bonchev–Trinajstić information content (AvgIpc) is 3.45. The van der Waals surface area contributed by atoms with Crippen molar-refractivity contribution in [1.29, 1.82) is 0 Å². The molecule has 7 nitrogen and oxygen atoms in total. The molecule has 4 N–H and O–H groups in total. The Morgan fingerprint density at radius 1 is 0.865 bits per heavy atom. The number of nitrogens with two attached hydrogens (primary N) is 1. The number of carbonyl (C=O) groups excluding carboxylic acids is 3. The van der Waals surface area contributed by atoms with E-state index >= 15 is 0 Å². The number of carbonyl (C=O) groups is 3. The van der Waals surface area contributed by atoms with Gasteiger partial charge in [0.2, 0.25) is 17.7 Å². The number of nitrogens with one attached hydrogen (secondary N) is 2. The topological polar surface area (TPSA) is 105 Å². The molecule has 37 heavy (non-hydrogen) atoms. The summed E-state index contributed by atoms with van der Waals surface area (Å²) in [5, 5.41) is 6.20. The molecule has 0 radical (unpaired) electrons. The van der Waals surface area contributed by atoms with Crippen LogP contribution >= 0.6 is 0 Å². The van der Waals surface area contributed by atoms with Gasteiger partial charge in [0, 0.05) is 6.54 Å². The fraction of sp³-hybridized carbons (Fsp3) is 0.500. The molecule has 0 bridgehead atoms. The molecule has 2 aromatic rings. The van der Waals surface area contributed by atoms with Crippen molar-refractivity contribution in [3.05, 3.63) is 71.8 Å². The summed E-state index contributed by atoms with van der Waals surface area (Å²) >= 11 is 0. The van der Waals surface area contributed by atoms with Crippen molar-refractivity contribution < 1.29 is 14.4 Å². The maximum Gasteiger partial charge on any atom is 0.246 e. The fourth-order valence-electron chi connectivity index (χ4n) is 5.66. The Labute approximate surface area is 220 Å². The summed E-state index contributed by atoms with van der Waals surface area (Å²) in [5.41, 5.74) is 7.96. The van der Waals surface area contributed by atoms with E-state index in [1.54, 1.807) is 4.90 Å². The molecular weight excluding hydrogens is 464 g/mol. The van der Waals surface area contributed by atoms with Crippen LogP contribution in [-0.4, -0.2) is 47.3 Å². The summed E-state index contributed by atoms with van der Waals surface area (Å²) in [5.74, 6) is -0.542. The summed E-state index contributed by atoms with van der Waals surface area (Å²) in [6, 6.07) is 17.6. The lowest BCUT2D eigenvalue weighted by atomic mass is 9.83. The lowest BCUT2D eigenvalue weighted by Crippen LogP contribution is -2.58. The van der Waals surface area contributed by atoms with Gasteiger partial charge in [-0.15, -0.1) is 0 Å². The highest BCUT2D eigenvalue weighted by Gasteiger charge is 2.41. The minimum atomic E-state index is -0.644. The van der Waals surface area contributed by atoms with Crippen molar-refractivity contribution in [3.63, 3.8) is 0 Å². The number of likely N-dealkylation sites (tertiary alicyclic amines) is 1. The van der Waals surface area contributed by atoms with E-state index < -0.39 is 18.1 Å². The van der Waals surface area contributed by atoms with E-state index in [-0.39, 0.29) is 29.7 Å². The monoisotopic (exact) mass is 504 g/mol. The second kappa shape index (κ2) is 12.9. The molecular formula is C30H40N4O3. The van der Waals surface area contributed by atoms with E-state index in [9.17, 15) is 14.4 Å². The summed E-state index contributed by atoms with van der Waals surface area (Å²) in [7, 11) is 0. The van der Waals surface area contributed by atoms with Crippen molar-refractivity contribution in [1.82, 2.24) is 15.5 Å². The first-order valence-corrected chi connectivity index (χ1v) is 13.8. The summed E-state index contributed by atoms with van der Waals surface area (Å²) in [4.78, 5) is 42.0. The fourth-order valence-corrected chi connectivity index (χ4v) is 5.66. The molecule has 3 atom stereocenters. The van der Waals surface area contributed by atoms with Gasteiger partial charge in [0.15, 0.2) is 0 Å². The van der Waals surface area contributed by atoms with Gasteiger partial charge in [0.25, 0.3) is 0 Å². The van der Waals surface area contributed by atoms with Crippen LogP contribution in [0.4, 0.5) is 0 Å². The quantitative estimate of drug-likeness (QED) is 0.484. The molecule has 0 aromatic heterocycles. The first-order chi connectivity index (χ1) is 18.0. The number of benzene rings is 2. The Balaban J connectivity index is 1.54. The van der Waals surface area contributed by atoms with E-state index in [4.69, 9.17) is 5.73 Å². The molecule has 1 aliphatic heterocycles. The van der Waals surface area contributed by atoms with Crippen molar-refractivity contribution in [2.24, 2.45) is 11.7 Å². The maximum absolute atomic E-state index is 13.9. The number of nitrogens with zero attached hydrogens (tertiary/aromatic N) is 1. The normalized spacial score (nSPS) is 19.9. The minimum absolute atomic E-state index is 0.0694. The zero-order chi connectivity index (χ0) is 26.2. The van der Waals surface area contributed by atoms with Gasteiger partial charge in [0.1, 0.15) is 12.1 Å². The molecule has 0 unspecified atom stereocenters. The average molecular weight is 505 g/mol. The van der Waals surface area contributed by atoms with Crippen LogP contribution in [-0.2, 0) is 14.4 Å². The third-order valence-electron chi connectivity index (χ3n) is 7.85. The lowest BCUT2D eigenvalue weighted by molar-refractivity contribution is -0.143. The second-order valence-corrected chi connectivity index (χ2v) is 10.4. The predicted molar refractivity (Wildman–Crippen MR) is 144 cm³/mol. The lowest BCUT2D eigenvalue weighted by Gasteiger charge is -2.35. The Morgan fingerprint density at radius 2 is 1.46 bits per heavy atom. The highest BCUT2D eigenvalue weighted by atomic mass is 16.2. The summed E-state index contributed by atoms with van der Waals surface area (Å²) < 4.78 is 0. The van der Waals surface area contributed by atoms with E-state index in [1.807, 2.05) is 67.6 Å². The first-order valence-electron chi connectivity index (χ1n) is 13.8. The number of amides is 3. The van der Waals surface area contributed by atoms with Gasteiger partial charge in [0.05, 0.1) is 12.1 Å². The van der Waals surface area contributed by atoms with E-state index in [0.717, 1.165) is 49.7 Å². The molecule has 2 aromatic carbocycles. The number of rotatable bonds is 9. The van der Waals surface area contributed by atoms with Crippen LogP contribution in [0.25, 0.3) is 0 Å². The van der Waals surface area contributed by atoms with Crippen molar-refractivity contribution in [2.45, 2.75) is 82.5 Å². The Bertz CT molecular complexity index is 1000. The van der Waals surface area contributed by atoms with Gasteiger partial charge < -0.3 is 21.3 Å². The zero-order valence-corrected chi connectivity index (χ0v) is 21.8. The van der Waals surface area contributed by atoms with Crippen molar-refractivity contribution in [3.8, 4) is 0 Å². The van der Waals surface area contributed by atoms with Crippen LogP contribution in [0.15, 0.2) is 60.7 Å². The number of hydrogen-bond acceptors (Lipinski definition) is 4. The predicted octanol–water partition coefficient (Wildman–Crippen LogP) is 3.69. The van der Waals surface area contributed by atoms with Crippen molar-refractivity contribution in [2.75, 3.05) is 6.54 Å².